The third-order valence-corrected chi connectivity index (χ3v) is 7.19. The van der Waals surface area contributed by atoms with E-state index in [0.717, 1.165) is 39.3 Å². The summed E-state index contributed by atoms with van der Waals surface area (Å²) < 4.78 is 24.2. The monoisotopic (exact) mass is 440 g/mol. The van der Waals surface area contributed by atoms with Crippen LogP contribution in [-0.2, 0) is 10.0 Å². The highest BCUT2D eigenvalue weighted by Crippen LogP contribution is 2.35. The van der Waals surface area contributed by atoms with Gasteiger partial charge >= 0.3 is 0 Å². The molecular weight excluding hydrogens is 420 g/mol. The summed E-state index contributed by atoms with van der Waals surface area (Å²) in [5.41, 5.74) is 2.30. The molecule has 5 rings (SSSR count). The molecule has 0 bridgehead atoms. The highest BCUT2D eigenvalue weighted by Gasteiger charge is 2.17. The summed E-state index contributed by atoms with van der Waals surface area (Å²) >= 11 is 1.66. The number of thiazole rings is 1. The minimum atomic E-state index is -3.78. The predicted molar refractivity (Wildman–Crippen MR) is 120 cm³/mol. The van der Waals surface area contributed by atoms with Gasteiger partial charge in [-0.15, -0.1) is 0 Å². The predicted octanol–water partition coefficient (Wildman–Crippen LogP) is 3.62. The number of primary sulfonamides is 1. The van der Waals surface area contributed by atoms with Crippen LogP contribution in [0.1, 0.15) is 19.3 Å². The lowest BCUT2D eigenvalue weighted by atomic mass is 10.1. The van der Waals surface area contributed by atoms with Crippen molar-refractivity contribution in [2.45, 2.75) is 24.2 Å². The van der Waals surface area contributed by atoms with E-state index in [2.05, 4.69) is 15.2 Å². The summed E-state index contributed by atoms with van der Waals surface area (Å²) in [5, 5.41) is 10.3. The fourth-order valence-electron chi connectivity index (χ4n) is 3.63. The molecular formula is C20H20N6O2S2. The van der Waals surface area contributed by atoms with Crippen molar-refractivity contribution in [1.82, 2.24) is 15.0 Å². The standard InChI is InChI=1S/C20H20N6O2S2/c21-30(27,28)15-6-4-5-14(11-15)23-19-22-12-13-7-8-16-18(17(13)25-19)29-20(24-16)26-9-2-1-3-10-26/h4-8,11-12H,1-3,9-10H2,(H2,21,27,28)(H,22,23,25). The number of benzene rings is 2. The van der Waals surface area contributed by atoms with Gasteiger partial charge in [0.1, 0.15) is 0 Å². The number of piperidine rings is 1. The molecule has 1 fully saturated rings. The van der Waals surface area contributed by atoms with Gasteiger partial charge in [0.25, 0.3) is 0 Å². The second-order valence-electron chi connectivity index (χ2n) is 7.29. The average molecular weight is 441 g/mol. The zero-order valence-corrected chi connectivity index (χ0v) is 17.7. The van der Waals surface area contributed by atoms with Crippen LogP contribution in [0.2, 0.25) is 0 Å². The first-order valence-electron chi connectivity index (χ1n) is 9.68. The second-order valence-corrected chi connectivity index (χ2v) is 9.83. The summed E-state index contributed by atoms with van der Waals surface area (Å²) in [6.07, 6.45) is 5.43. The van der Waals surface area contributed by atoms with E-state index in [4.69, 9.17) is 15.1 Å². The van der Waals surface area contributed by atoms with E-state index in [9.17, 15) is 8.42 Å². The zero-order chi connectivity index (χ0) is 20.7. The summed E-state index contributed by atoms with van der Waals surface area (Å²) in [6, 6.07) is 10.3. The van der Waals surface area contributed by atoms with E-state index in [1.54, 1.807) is 29.7 Å². The molecule has 1 saturated heterocycles. The van der Waals surface area contributed by atoms with Gasteiger partial charge in [-0.3, -0.25) is 0 Å². The minimum absolute atomic E-state index is 0.0318. The number of sulfonamides is 1. The minimum Gasteiger partial charge on any atom is -0.348 e. The molecule has 30 heavy (non-hydrogen) atoms. The molecule has 0 unspecified atom stereocenters. The first kappa shape index (κ1) is 19.2. The fraction of sp³-hybridized carbons (Fsp3) is 0.250. The Balaban J connectivity index is 1.53. The van der Waals surface area contributed by atoms with Crippen LogP contribution in [-0.4, -0.2) is 36.5 Å². The molecule has 0 spiro atoms. The molecule has 1 aliphatic heterocycles. The van der Waals surface area contributed by atoms with Gasteiger partial charge in [0.2, 0.25) is 16.0 Å². The largest absolute Gasteiger partial charge is 0.348 e. The van der Waals surface area contributed by atoms with Gasteiger partial charge in [-0.25, -0.2) is 28.5 Å². The van der Waals surface area contributed by atoms with Crippen LogP contribution in [0, 0.1) is 0 Å². The maximum absolute atomic E-state index is 11.6. The highest BCUT2D eigenvalue weighted by atomic mass is 32.2. The normalized spacial score (nSPS) is 15.0. The fourth-order valence-corrected chi connectivity index (χ4v) is 5.30. The van der Waals surface area contributed by atoms with Crippen LogP contribution in [0.25, 0.3) is 21.1 Å². The molecule has 2 aromatic heterocycles. The number of fused-ring (bicyclic) bond motifs is 3. The number of nitrogens with zero attached hydrogens (tertiary/aromatic N) is 4. The number of aromatic nitrogens is 3. The number of nitrogens with two attached hydrogens (primary N) is 1. The van der Waals surface area contributed by atoms with Gasteiger partial charge in [0.05, 0.1) is 20.6 Å². The molecule has 0 atom stereocenters. The summed E-state index contributed by atoms with van der Waals surface area (Å²) in [4.78, 5) is 16.3. The van der Waals surface area contributed by atoms with Crippen molar-refractivity contribution < 1.29 is 8.42 Å². The lowest BCUT2D eigenvalue weighted by Crippen LogP contribution is -2.29. The molecule has 0 saturated carbocycles. The summed E-state index contributed by atoms with van der Waals surface area (Å²) in [6.45, 7) is 2.08. The van der Waals surface area contributed by atoms with Crippen molar-refractivity contribution in [3.8, 4) is 0 Å². The van der Waals surface area contributed by atoms with Crippen LogP contribution >= 0.6 is 11.3 Å². The van der Waals surface area contributed by atoms with E-state index in [1.165, 1.54) is 31.4 Å². The van der Waals surface area contributed by atoms with Crippen molar-refractivity contribution in [3.63, 3.8) is 0 Å². The van der Waals surface area contributed by atoms with Crippen molar-refractivity contribution >= 4 is 59.2 Å². The Labute approximate surface area is 177 Å². The van der Waals surface area contributed by atoms with Crippen LogP contribution in [0.15, 0.2) is 47.5 Å². The number of rotatable bonds is 4. The molecule has 0 radical (unpaired) electrons. The molecule has 154 valence electrons. The highest BCUT2D eigenvalue weighted by molar-refractivity contribution is 7.89. The van der Waals surface area contributed by atoms with Gasteiger partial charge < -0.3 is 10.2 Å². The second kappa shape index (κ2) is 7.46. The molecule has 8 nitrogen and oxygen atoms in total. The number of hydrogen-bond acceptors (Lipinski definition) is 8. The van der Waals surface area contributed by atoms with Gasteiger partial charge in [0, 0.05) is 30.4 Å². The lowest BCUT2D eigenvalue weighted by Gasteiger charge is -2.25. The zero-order valence-electron chi connectivity index (χ0n) is 16.1. The molecule has 1 aliphatic rings. The van der Waals surface area contributed by atoms with Crippen molar-refractivity contribution in [1.29, 1.82) is 0 Å². The summed E-state index contributed by atoms with van der Waals surface area (Å²) in [5.74, 6) is 0.384. The Morgan fingerprint density at radius 3 is 2.70 bits per heavy atom. The van der Waals surface area contributed by atoms with Crippen LogP contribution < -0.4 is 15.4 Å². The van der Waals surface area contributed by atoms with E-state index < -0.39 is 10.0 Å². The van der Waals surface area contributed by atoms with E-state index in [1.807, 2.05) is 12.1 Å². The van der Waals surface area contributed by atoms with Crippen LogP contribution in [0.4, 0.5) is 16.8 Å². The van der Waals surface area contributed by atoms with Gasteiger partial charge in [-0.05, 0) is 49.6 Å². The van der Waals surface area contributed by atoms with E-state index in [0.29, 0.717) is 11.6 Å². The first-order valence-corrected chi connectivity index (χ1v) is 12.0. The third-order valence-electron chi connectivity index (χ3n) is 5.14. The average Bonchev–Trinajstić information content (AvgIpc) is 3.19. The van der Waals surface area contributed by atoms with Crippen molar-refractivity contribution in [2.75, 3.05) is 23.3 Å². The smallest absolute Gasteiger partial charge is 0.238 e. The number of anilines is 3. The maximum atomic E-state index is 11.6. The maximum Gasteiger partial charge on any atom is 0.238 e. The molecule has 10 heteroatoms. The van der Waals surface area contributed by atoms with E-state index in [-0.39, 0.29) is 4.90 Å². The van der Waals surface area contributed by atoms with Gasteiger partial charge in [0.15, 0.2) is 5.13 Å². The number of nitrogens with one attached hydrogen (secondary N) is 1. The van der Waals surface area contributed by atoms with Crippen molar-refractivity contribution in [3.05, 3.63) is 42.6 Å². The quantitative estimate of drug-likeness (QED) is 0.498. The SMILES string of the molecule is NS(=O)(=O)c1cccc(Nc2ncc3ccc4nc(N5CCCCC5)sc4c3n2)c1. The molecule has 3 N–H and O–H groups in total. The number of hydrogen-bond donors (Lipinski definition) is 2. The Morgan fingerprint density at radius 2 is 1.90 bits per heavy atom. The molecule has 0 aliphatic carbocycles. The molecule has 0 amide bonds. The van der Waals surface area contributed by atoms with Crippen LogP contribution in [0.3, 0.4) is 0 Å². The van der Waals surface area contributed by atoms with Crippen LogP contribution in [0.5, 0.6) is 0 Å². The Morgan fingerprint density at radius 1 is 1.07 bits per heavy atom. The Kier molecular flexibility index (Phi) is 4.76. The first-order chi connectivity index (χ1) is 14.5. The lowest BCUT2D eigenvalue weighted by molar-refractivity contribution is 0.577. The molecule has 2 aromatic carbocycles. The molecule has 4 aromatic rings. The molecule has 3 heterocycles. The van der Waals surface area contributed by atoms with Crippen molar-refractivity contribution in [2.24, 2.45) is 5.14 Å². The summed E-state index contributed by atoms with van der Waals surface area (Å²) in [7, 11) is -3.78. The van der Waals surface area contributed by atoms with Gasteiger partial charge in [-0.1, -0.05) is 17.4 Å². The van der Waals surface area contributed by atoms with E-state index >= 15 is 0 Å². The van der Waals surface area contributed by atoms with Gasteiger partial charge in [-0.2, -0.15) is 0 Å². The topological polar surface area (TPSA) is 114 Å². The third kappa shape index (κ3) is 3.69. The Bertz CT molecular complexity index is 1350. The Hall–Kier alpha value is -2.82.